The number of rotatable bonds is 5. The largest absolute Gasteiger partial charge is 0.497 e. The van der Waals surface area contributed by atoms with Crippen LogP contribution in [0, 0.1) is 13.8 Å². The molecule has 3 heterocycles. The molecule has 1 saturated heterocycles. The van der Waals surface area contributed by atoms with E-state index < -0.39 is 0 Å². The predicted molar refractivity (Wildman–Crippen MR) is 111 cm³/mol. The predicted octanol–water partition coefficient (Wildman–Crippen LogP) is 3.93. The normalized spacial score (nSPS) is 16.2. The van der Waals surface area contributed by atoms with Crippen LogP contribution in [0.25, 0.3) is 0 Å². The fraction of sp³-hybridized carbons (Fsp3) is 0.348. The van der Waals surface area contributed by atoms with Crippen molar-refractivity contribution in [1.29, 1.82) is 0 Å². The van der Waals surface area contributed by atoms with Crippen LogP contribution < -0.4 is 4.74 Å². The molecule has 1 aromatic carbocycles. The first-order chi connectivity index (χ1) is 14.1. The molecule has 0 spiro atoms. The monoisotopic (exact) mass is 390 g/mol. The van der Waals surface area contributed by atoms with Gasteiger partial charge in [0.1, 0.15) is 11.6 Å². The van der Waals surface area contributed by atoms with E-state index in [1.54, 1.807) is 19.5 Å². The van der Waals surface area contributed by atoms with Crippen LogP contribution >= 0.6 is 0 Å². The van der Waals surface area contributed by atoms with Crippen LogP contribution in [0.4, 0.5) is 0 Å². The third-order valence-electron chi connectivity index (χ3n) is 5.65. The van der Waals surface area contributed by atoms with E-state index in [1.807, 2.05) is 48.4 Å². The smallest absolute Gasteiger partial charge is 0.254 e. The van der Waals surface area contributed by atoms with Gasteiger partial charge in [-0.2, -0.15) is 0 Å². The molecule has 1 amide bonds. The van der Waals surface area contributed by atoms with Gasteiger partial charge in [0, 0.05) is 42.9 Å². The number of amides is 1. The number of nitrogens with zero attached hydrogens (tertiary/aromatic N) is 4. The van der Waals surface area contributed by atoms with E-state index in [2.05, 4.69) is 16.5 Å². The minimum atomic E-state index is -0.0143. The Labute approximate surface area is 171 Å². The Hall–Kier alpha value is -3.15. The third-order valence-corrected chi connectivity index (χ3v) is 5.65. The molecule has 1 atom stereocenters. The average molecular weight is 390 g/mol. The van der Waals surface area contributed by atoms with Crippen molar-refractivity contribution in [2.24, 2.45) is 0 Å². The van der Waals surface area contributed by atoms with E-state index in [0.717, 1.165) is 54.3 Å². The van der Waals surface area contributed by atoms with Gasteiger partial charge in [0.15, 0.2) is 0 Å². The molecule has 0 bridgehead atoms. The number of benzene rings is 1. The lowest BCUT2D eigenvalue weighted by atomic mass is 10.1. The van der Waals surface area contributed by atoms with Gasteiger partial charge in [0.2, 0.25) is 0 Å². The van der Waals surface area contributed by atoms with Gasteiger partial charge in [-0.05, 0) is 68.1 Å². The van der Waals surface area contributed by atoms with Gasteiger partial charge in [-0.3, -0.25) is 9.78 Å². The lowest BCUT2D eigenvalue weighted by Crippen LogP contribution is -2.32. The van der Waals surface area contributed by atoms with Crippen molar-refractivity contribution < 1.29 is 9.53 Å². The Balaban J connectivity index is 1.63. The first-order valence-corrected chi connectivity index (χ1v) is 9.95. The van der Waals surface area contributed by atoms with Crippen molar-refractivity contribution in [3.63, 3.8) is 0 Å². The molecule has 1 fully saturated rings. The number of methoxy groups -OCH3 is 1. The molecule has 0 saturated carbocycles. The number of hydrogen-bond acceptors (Lipinski definition) is 4. The van der Waals surface area contributed by atoms with E-state index in [-0.39, 0.29) is 11.9 Å². The number of pyridine rings is 1. The second-order valence-corrected chi connectivity index (χ2v) is 7.54. The Kier molecular flexibility index (Phi) is 5.34. The molecule has 6 heteroatoms. The number of imidazole rings is 1. The summed E-state index contributed by atoms with van der Waals surface area (Å²) in [6.45, 7) is 5.49. The summed E-state index contributed by atoms with van der Waals surface area (Å²) in [5.74, 6) is 1.78. The van der Waals surface area contributed by atoms with Crippen LogP contribution in [0.1, 0.15) is 51.9 Å². The SMILES string of the molecule is COc1ccc(C(=O)N2CCCC2c2ncc(C)n2Cc2ccncc2)c(C)c1. The van der Waals surface area contributed by atoms with Crippen molar-refractivity contribution in [2.45, 2.75) is 39.3 Å². The highest BCUT2D eigenvalue weighted by Gasteiger charge is 2.34. The van der Waals surface area contributed by atoms with Crippen LogP contribution in [0.5, 0.6) is 5.75 Å². The molecule has 1 unspecified atom stereocenters. The van der Waals surface area contributed by atoms with E-state index in [0.29, 0.717) is 0 Å². The van der Waals surface area contributed by atoms with Gasteiger partial charge < -0.3 is 14.2 Å². The summed E-state index contributed by atoms with van der Waals surface area (Å²) in [4.78, 5) is 24.1. The fourth-order valence-electron chi connectivity index (χ4n) is 4.06. The van der Waals surface area contributed by atoms with Crippen molar-refractivity contribution in [2.75, 3.05) is 13.7 Å². The lowest BCUT2D eigenvalue weighted by molar-refractivity contribution is 0.0727. The minimum absolute atomic E-state index is 0.0143. The minimum Gasteiger partial charge on any atom is -0.497 e. The number of hydrogen-bond donors (Lipinski definition) is 0. The van der Waals surface area contributed by atoms with Crippen LogP contribution in [0.15, 0.2) is 48.9 Å². The molecule has 2 aromatic heterocycles. The molecule has 150 valence electrons. The third kappa shape index (κ3) is 3.75. The number of carbonyl (C=O) groups is 1. The first-order valence-electron chi connectivity index (χ1n) is 9.95. The van der Waals surface area contributed by atoms with Crippen molar-refractivity contribution >= 4 is 5.91 Å². The van der Waals surface area contributed by atoms with E-state index in [9.17, 15) is 4.79 Å². The molecule has 0 N–H and O–H groups in total. The highest BCUT2D eigenvalue weighted by molar-refractivity contribution is 5.96. The quantitative estimate of drug-likeness (QED) is 0.662. The van der Waals surface area contributed by atoms with Crippen molar-refractivity contribution in [3.05, 3.63) is 77.1 Å². The van der Waals surface area contributed by atoms with Crippen LogP contribution in [-0.4, -0.2) is 39.0 Å². The second-order valence-electron chi connectivity index (χ2n) is 7.54. The molecule has 0 radical (unpaired) electrons. The summed E-state index contributed by atoms with van der Waals surface area (Å²) in [5.41, 5.74) is 3.92. The van der Waals surface area contributed by atoms with Gasteiger partial charge in [0.05, 0.1) is 13.2 Å². The first kappa shape index (κ1) is 19.2. The summed E-state index contributed by atoms with van der Waals surface area (Å²) in [6.07, 6.45) is 7.41. The van der Waals surface area contributed by atoms with Crippen molar-refractivity contribution in [3.8, 4) is 5.75 Å². The summed E-state index contributed by atoms with van der Waals surface area (Å²) < 4.78 is 7.49. The van der Waals surface area contributed by atoms with Gasteiger partial charge in [0.25, 0.3) is 5.91 Å². The molecule has 3 aromatic rings. The molecule has 6 nitrogen and oxygen atoms in total. The second kappa shape index (κ2) is 8.07. The molecule has 29 heavy (non-hydrogen) atoms. The maximum atomic E-state index is 13.4. The van der Waals surface area contributed by atoms with Gasteiger partial charge >= 0.3 is 0 Å². The van der Waals surface area contributed by atoms with E-state index in [4.69, 9.17) is 9.72 Å². The van der Waals surface area contributed by atoms with Gasteiger partial charge in [-0.1, -0.05) is 0 Å². The van der Waals surface area contributed by atoms with Crippen molar-refractivity contribution in [1.82, 2.24) is 19.4 Å². The zero-order chi connectivity index (χ0) is 20.4. The number of likely N-dealkylation sites (tertiary alicyclic amines) is 1. The summed E-state index contributed by atoms with van der Waals surface area (Å²) in [7, 11) is 1.64. The zero-order valence-electron chi connectivity index (χ0n) is 17.1. The highest BCUT2D eigenvalue weighted by Crippen LogP contribution is 2.34. The molecule has 1 aliphatic rings. The lowest BCUT2D eigenvalue weighted by Gasteiger charge is -2.26. The van der Waals surface area contributed by atoms with Crippen LogP contribution in [0.3, 0.4) is 0 Å². The maximum absolute atomic E-state index is 13.4. The molecule has 0 aliphatic carbocycles. The molecule has 1 aliphatic heterocycles. The molecular weight excluding hydrogens is 364 g/mol. The topological polar surface area (TPSA) is 60.2 Å². The Morgan fingerprint density at radius 1 is 1.21 bits per heavy atom. The summed E-state index contributed by atoms with van der Waals surface area (Å²) >= 11 is 0. The standard InChI is InChI=1S/C23H26N4O2/c1-16-13-19(29-3)6-7-20(16)23(28)26-12-4-5-21(26)22-25-14-17(2)27(22)15-18-8-10-24-11-9-18/h6-11,13-14,21H,4-5,12,15H2,1-3H3. The zero-order valence-corrected chi connectivity index (χ0v) is 17.1. The highest BCUT2D eigenvalue weighted by atomic mass is 16.5. The average Bonchev–Trinajstić information content (AvgIpc) is 3.35. The summed E-state index contributed by atoms with van der Waals surface area (Å²) in [5, 5.41) is 0. The number of aromatic nitrogens is 3. The van der Waals surface area contributed by atoms with E-state index >= 15 is 0 Å². The maximum Gasteiger partial charge on any atom is 0.254 e. The fourth-order valence-corrected chi connectivity index (χ4v) is 4.06. The van der Waals surface area contributed by atoms with Gasteiger partial charge in [-0.25, -0.2) is 4.98 Å². The molecule has 4 rings (SSSR count). The van der Waals surface area contributed by atoms with Crippen LogP contribution in [-0.2, 0) is 6.54 Å². The van der Waals surface area contributed by atoms with Gasteiger partial charge in [-0.15, -0.1) is 0 Å². The Bertz CT molecular complexity index is 1010. The molecular formula is C23H26N4O2. The number of carbonyl (C=O) groups excluding carboxylic acids is 1. The number of ether oxygens (including phenoxy) is 1. The van der Waals surface area contributed by atoms with Crippen LogP contribution in [0.2, 0.25) is 0 Å². The summed E-state index contributed by atoms with van der Waals surface area (Å²) in [6, 6.07) is 9.63. The Morgan fingerprint density at radius 3 is 2.72 bits per heavy atom. The van der Waals surface area contributed by atoms with E-state index in [1.165, 1.54) is 5.56 Å². The number of aryl methyl sites for hydroxylation is 2. The Morgan fingerprint density at radius 2 is 2.00 bits per heavy atom.